The first-order chi connectivity index (χ1) is 7.98. The summed E-state index contributed by atoms with van der Waals surface area (Å²) in [7, 11) is 0. The topological polar surface area (TPSA) is 46.3 Å². The van der Waals surface area contributed by atoms with Crippen molar-refractivity contribution in [3.63, 3.8) is 0 Å². The molecule has 0 aromatic rings. The molecule has 0 aromatic heterocycles. The van der Waals surface area contributed by atoms with E-state index >= 15 is 0 Å². The molecule has 0 spiro atoms. The Labute approximate surface area is 105 Å². The van der Waals surface area contributed by atoms with Crippen LogP contribution in [-0.2, 0) is 4.79 Å². The second-order valence-corrected chi connectivity index (χ2v) is 5.75. The Morgan fingerprint density at radius 3 is 2.71 bits per heavy atom. The lowest BCUT2D eigenvalue weighted by Crippen LogP contribution is -2.42. The van der Waals surface area contributed by atoms with Crippen LogP contribution in [0.3, 0.4) is 0 Å². The Hall–Kier alpha value is -0.830. The van der Waals surface area contributed by atoms with E-state index in [4.69, 9.17) is 5.73 Å². The van der Waals surface area contributed by atoms with Crippen LogP contribution >= 0.6 is 0 Å². The monoisotopic (exact) mass is 238 g/mol. The maximum Gasteiger partial charge on any atom is 0.223 e. The summed E-state index contributed by atoms with van der Waals surface area (Å²) in [6.07, 6.45) is 7.27. The summed E-state index contributed by atoms with van der Waals surface area (Å²) in [5.41, 5.74) is 5.73. The molecule has 1 amide bonds. The van der Waals surface area contributed by atoms with E-state index in [1.807, 2.05) is 11.8 Å². The van der Waals surface area contributed by atoms with Crippen LogP contribution in [0.2, 0.25) is 0 Å². The van der Waals surface area contributed by atoms with Crippen molar-refractivity contribution in [2.45, 2.75) is 40.0 Å². The highest BCUT2D eigenvalue weighted by atomic mass is 16.2. The standard InChI is InChI=1S/C14H26N2O/c1-4-16(11-14(2,3)10-15)13(17)9-12-7-5-6-8-12/h5,7,12H,4,6,8-11,15H2,1-3H3. The second-order valence-electron chi connectivity index (χ2n) is 5.75. The van der Waals surface area contributed by atoms with Crippen LogP contribution < -0.4 is 5.73 Å². The molecular weight excluding hydrogens is 212 g/mol. The molecule has 0 heterocycles. The number of carbonyl (C=O) groups excluding carboxylic acids is 1. The van der Waals surface area contributed by atoms with E-state index in [2.05, 4.69) is 26.0 Å². The smallest absolute Gasteiger partial charge is 0.223 e. The van der Waals surface area contributed by atoms with Crippen LogP contribution in [0, 0.1) is 11.3 Å². The lowest BCUT2D eigenvalue weighted by Gasteiger charge is -2.31. The second kappa shape index (κ2) is 6.20. The summed E-state index contributed by atoms with van der Waals surface area (Å²) in [6.45, 7) is 8.40. The van der Waals surface area contributed by atoms with Gasteiger partial charge in [0.2, 0.25) is 5.91 Å². The summed E-state index contributed by atoms with van der Waals surface area (Å²) < 4.78 is 0. The Balaban J connectivity index is 2.48. The van der Waals surface area contributed by atoms with Crippen molar-refractivity contribution < 1.29 is 4.79 Å². The number of hydrogen-bond donors (Lipinski definition) is 1. The van der Waals surface area contributed by atoms with Crippen molar-refractivity contribution in [1.82, 2.24) is 4.90 Å². The van der Waals surface area contributed by atoms with Crippen LogP contribution in [0.25, 0.3) is 0 Å². The van der Waals surface area contributed by atoms with Crippen molar-refractivity contribution in [3.05, 3.63) is 12.2 Å². The average molecular weight is 238 g/mol. The first kappa shape index (κ1) is 14.2. The molecule has 0 aliphatic heterocycles. The van der Waals surface area contributed by atoms with Gasteiger partial charge in [0.25, 0.3) is 0 Å². The molecule has 0 fully saturated rings. The van der Waals surface area contributed by atoms with E-state index in [9.17, 15) is 4.79 Å². The number of allylic oxidation sites excluding steroid dienone is 2. The highest BCUT2D eigenvalue weighted by Gasteiger charge is 2.24. The predicted octanol–water partition coefficient (Wildman–Crippen LogP) is 2.18. The third kappa shape index (κ3) is 4.50. The minimum absolute atomic E-state index is 0.0111. The molecule has 17 heavy (non-hydrogen) atoms. The highest BCUT2D eigenvalue weighted by molar-refractivity contribution is 5.76. The molecule has 0 radical (unpaired) electrons. The van der Waals surface area contributed by atoms with Crippen LogP contribution in [-0.4, -0.2) is 30.4 Å². The average Bonchev–Trinajstić information content (AvgIpc) is 2.78. The van der Waals surface area contributed by atoms with Gasteiger partial charge in [-0.2, -0.15) is 0 Å². The fourth-order valence-electron chi connectivity index (χ4n) is 2.18. The van der Waals surface area contributed by atoms with E-state index in [-0.39, 0.29) is 11.3 Å². The van der Waals surface area contributed by atoms with E-state index in [0.717, 1.165) is 25.9 Å². The molecular formula is C14H26N2O. The third-order valence-corrected chi connectivity index (χ3v) is 3.46. The molecule has 1 aliphatic carbocycles. The van der Waals surface area contributed by atoms with Crippen LogP contribution in [0.4, 0.5) is 0 Å². The molecule has 1 atom stereocenters. The lowest BCUT2D eigenvalue weighted by atomic mass is 9.92. The molecule has 1 rings (SSSR count). The molecule has 0 saturated carbocycles. The van der Waals surface area contributed by atoms with Gasteiger partial charge < -0.3 is 10.6 Å². The van der Waals surface area contributed by atoms with Gasteiger partial charge in [0, 0.05) is 19.5 Å². The lowest BCUT2D eigenvalue weighted by molar-refractivity contribution is -0.133. The number of hydrogen-bond acceptors (Lipinski definition) is 2. The normalized spacial score (nSPS) is 19.6. The van der Waals surface area contributed by atoms with Gasteiger partial charge in [-0.25, -0.2) is 0 Å². The number of amides is 1. The molecule has 0 saturated heterocycles. The quantitative estimate of drug-likeness (QED) is 0.721. The molecule has 2 N–H and O–H groups in total. The molecule has 3 nitrogen and oxygen atoms in total. The Morgan fingerprint density at radius 1 is 1.53 bits per heavy atom. The molecule has 0 bridgehead atoms. The number of rotatable bonds is 6. The first-order valence-electron chi connectivity index (χ1n) is 6.63. The maximum atomic E-state index is 12.2. The first-order valence-corrected chi connectivity index (χ1v) is 6.63. The fraction of sp³-hybridized carbons (Fsp3) is 0.786. The zero-order valence-electron chi connectivity index (χ0n) is 11.4. The molecule has 0 aromatic carbocycles. The van der Waals surface area contributed by atoms with Gasteiger partial charge in [0.05, 0.1) is 0 Å². The largest absolute Gasteiger partial charge is 0.342 e. The van der Waals surface area contributed by atoms with E-state index in [0.29, 0.717) is 18.9 Å². The highest BCUT2D eigenvalue weighted by Crippen LogP contribution is 2.22. The maximum absolute atomic E-state index is 12.2. The minimum atomic E-state index is 0.0111. The van der Waals surface area contributed by atoms with Gasteiger partial charge >= 0.3 is 0 Å². The summed E-state index contributed by atoms with van der Waals surface area (Å²) in [5, 5.41) is 0. The van der Waals surface area contributed by atoms with Gasteiger partial charge in [-0.3, -0.25) is 4.79 Å². The third-order valence-electron chi connectivity index (χ3n) is 3.46. The number of carbonyl (C=O) groups is 1. The van der Waals surface area contributed by atoms with Crippen LogP contribution in [0.15, 0.2) is 12.2 Å². The molecule has 1 aliphatic rings. The van der Waals surface area contributed by atoms with E-state index in [1.54, 1.807) is 0 Å². The Kier molecular flexibility index (Phi) is 5.19. The summed E-state index contributed by atoms with van der Waals surface area (Å²) in [6, 6.07) is 0. The number of nitrogens with two attached hydrogens (primary N) is 1. The molecule has 1 unspecified atom stereocenters. The molecule has 98 valence electrons. The van der Waals surface area contributed by atoms with Gasteiger partial charge in [0.1, 0.15) is 0 Å². The fourth-order valence-corrected chi connectivity index (χ4v) is 2.18. The van der Waals surface area contributed by atoms with Gasteiger partial charge in [-0.1, -0.05) is 26.0 Å². The van der Waals surface area contributed by atoms with Crippen molar-refractivity contribution in [3.8, 4) is 0 Å². The van der Waals surface area contributed by atoms with Gasteiger partial charge in [-0.05, 0) is 37.6 Å². The SMILES string of the molecule is CCN(CC(C)(C)CN)C(=O)CC1C=CCC1. The van der Waals surface area contributed by atoms with E-state index in [1.165, 1.54) is 0 Å². The van der Waals surface area contributed by atoms with Crippen LogP contribution in [0.1, 0.15) is 40.0 Å². The Morgan fingerprint density at radius 2 is 2.24 bits per heavy atom. The predicted molar refractivity (Wildman–Crippen MR) is 71.6 cm³/mol. The number of nitrogens with zero attached hydrogens (tertiary/aromatic N) is 1. The Bertz CT molecular complexity index is 284. The van der Waals surface area contributed by atoms with Crippen molar-refractivity contribution in [2.24, 2.45) is 17.1 Å². The van der Waals surface area contributed by atoms with Crippen molar-refractivity contribution >= 4 is 5.91 Å². The van der Waals surface area contributed by atoms with Gasteiger partial charge in [-0.15, -0.1) is 0 Å². The summed E-state index contributed by atoms with van der Waals surface area (Å²) >= 11 is 0. The van der Waals surface area contributed by atoms with Crippen molar-refractivity contribution in [1.29, 1.82) is 0 Å². The molecule has 3 heteroatoms. The van der Waals surface area contributed by atoms with Gasteiger partial charge in [0.15, 0.2) is 0 Å². The summed E-state index contributed by atoms with van der Waals surface area (Å²) in [4.78, 5) is 14.1. The zero-order chi connectivity index (χ0) is 12.9. The van der Waals surface area contributed by atoms with Crippen molar-refractivity contribution in [2.75, 3.05) is 19.6 Å². The zero-order valence-corrected chi connectivity index (χ0v) is 11.4. The minimum Gasteiger partial charge on any atom is -0.342 e. The summed E-state index contributed by atoms with van der Waals surface area (Å²) in [5.74, 6) is 0.725. The van der Waals surface area contributed by atoms with E-state index < -0.39 is 0 Å². The van der Waals surface area contributed by atoms with Crippen LogP contribution in [0.5, 0.6) is 0 Å².